The van der Waals surface area contributed by atoms with Crippen molar-refractivity contribution in [3.63, 3.8) is 0 Å². The number of carbonyl (C=O) groups is 1. The molecule has 0 radical (unpaired) electrons. The number of ether oxygens (including phenoxy) is 1. The van der Waals surface area contributed by atoms with Gasteiger partial charge in [0.1, 0.15) is 17.3 Å². The molecule has 2 heterocycles. The van der Waals surface area contributed by atoms with E-state index >= 15 is 0 Å². The van der Waals surface area contributed by atoms with E-state index in [0.29, 0.717) is 0 Å². The number of rotatable bonds is 6. The Hall–Kier alpha value is -2.65. The van der Waals surface area contributed by atoms with Crippen LogP contribution in [-0.4, -0.2) is 47.5 Å². The Bertz CT molecular complexity index is 761. The Kier molecular flexibility index (Phi) is 5.69. The quantitative estimate of drug-likeness (QED) is 0.492. The second-order valence-electron chi connectivity index (χ2n) is 6.06. The van der Waals surface area contributed by atoms with Gasteiger partial charge in [0, 0.05) is 6.04 Å². The lowest BCUT2D eigenvalue weighted by molar-refractivity contribution is 0.0925. The molecule has 9 heteroatoms. The topological polar surface area (TPSA) is 111 Å². The van der Waals surface area contributed by atoms with Gasteiger partial charge in [-0.1, -0.05) is 6.07 Å². The van der Waals surface area contributed by atoms with Gasteiger partial charge < -0.3 is 25.8 Å². The lowest BCUT2D eigenvalue weighted by Crippen LogP contribution is -2.43. The molecule has 1 amide bonds. The van der Waals surface area contributed by atoms with Gasteiger partial charge in [-0.15, -0.1) is 0 Å². The van der Waals surface area contributed by atoms with Crippen molar-refractivity contribution in [2.45, 2.75) is 25.1 Å². The van der Waals surface area contributed by atoms with E-state index in [0.717, 1.165) is 25.9 Å². The van der Waals surface area contributed by atoms with E-state index in [9.17, 15) is 14.3 Å². The summed E-state index contributed by atoms with van der Waals surface area (Å²) in [6.07, 6.45) is 1.65. The molecule has 1 aromatic carbocycles. The normalized spacial score (nSPS) is 16.1. The van der Waals surface area contributed by atoms with E-state index in [4.69, 9.17) is 4.74 Å². The van der Waals surface area contributed by atoms with Crippen molar-refractivity contribution in [1.82, 2.24) is 20.8 Å². The molecule has 2 aromatic rings. The number of aromatic nitrogens is 2. The number of benzene rings is 1. The van der Waals surface area contributed by atoms with Gasteiger partial charge >= 0.3 is 0 Å². The van der Waals surface area contributed by atoms with Gasteiger partial charge in [-0.3, -0.25) is 9.89 Å². The summed E-state index contributed by atoms with van der Waals surface area (Å²) in [5, 5.41) is 25.7. The number of amides is 1. The van der Waals surface area contributed by atoms with E-state index < -0.39 is 12.0 Å². The molecule has 1 aliphatic heterocycles. The van der Waals surface area contributed by atoms with Crippen LogP contribution in [0, 0.1) is 5.82 Å². The minimum atomic E-state index is -1.41. The summed E-state index contributed by atoms with van der Waals surface area (Å²) in [5.41, 5.74) is 0.410. The van der Waals surface area contributed by atoms with Crippen molar-refractivity contribution < 1.29 is 19.0 Å². The highest BCUT2D eigenvalue weighted by molar-refractivity contribution is 5.97. The summed E-state index contributed by atoms with van der Waals surface area (Å²) in [6.45, 7) is 1.70. The number of piperidine rings is 1. The fourth-order valence-corrected chi connectivity index (χ4v) is 2.97. The maximum absolute atomic E-state index is 14.1. The van der Waals surface area contributed by atoms with Crippen LogP contribution < -0.4 is 20.7 Å². The summed E-state index contributed by atoms with van der Waals surface area (Å²) < 4.78 is 19.2. The fraction of sp³-hybridized carbons (Fsp3) is 0.412. The van der Waals surface area contributed by atoms with E-state index in [1.54, 1.807) is 6.07 Å². The number of aromatic amines is 1. The molecule has 0 spiro atoms. The second kappa shape index (κ2) is 8.15. The minimum absolute atomic E-state index is 0.0408. The SMILES string of the molecule is COc1cccc(F)c1C(O)Nc1cn[nH]c1C(=O)NC1CCNCC1. The first kappa shape index (κ1) is 18.2. The lowest BCUT2D eigenvalue weighted by Gasteiger charge is -2.23. The first-order valence-electron chi connectivity index (χ1n) is 8.42. The third-order valence-electron chi connectivity index (χ3n) is 4.34. The standard InChI is InChI=1S/C17H22FN5O3/c1-26-13-4-2-3-11(18)14(13)16(24)22-12-9-20-23-15(12)17(25)21-10-5-7-19-8-6-10/h2-4,9-10,16,19,22,24H,5-8H2,1H3,(H,20,23)(H,21,25). The average Bonchev–Trinajstić information content (AvgIpc) is 3.10. The largest absolute Gasteiger partial charge is 0.496 e. The Morgan fingerprint density at radius 3 is 2.92 bits per heavy atom. The van der Waals surface area contributed by atoms with E-state index in [1.165, 1.54) is 25.4 Å². The molecule has 1 aromatic heterocycles. The molecule has 140 valence electrons. The van der Waals surface area contributed by atoms with Crippen molar-refractivity contribution >= 4 is 11.6 Å². The van der Waals surface area contributed by atoms with Gasteiger partial charge in [-0.05, 0) is 38.1 Å². The Balaban J connectivity index is 1.73. The summed E-state index contributed by atoms with van der Waals surface area (Å²) >= 11 is 0. The van der Waals surface area contributed by atoms with Crippen LogP contribution in [0.4, 0.5) is 10.1 Å². The maximum atomic E-state index is 14.1. The van der Waals surface area contributed by atoms with Gasteiger partial charge in [0.15, 0.2) is 6.23 Å². The molecular weight excluding hydrogens is 341 g/mol. The second-order valence-corrected chi connectivity index (χ2v) is 6.06. The first-order chi connectivity index (χ1) is 12.6. The molecule has 1 fully saturated rings. The molecule has 1 atom stereocenters. The molecule has 0 bridgehead atoms. The Labute approximate surface area is 150 Å². The average molecular weight is 363 g/mol. The predicted octanol–water partition coefficient (Wildman–Crippen LogP) is 1.14. The predicted molar refractivity (Wildman–Crippen MR) is 93.5 cm³/mol. The molecule has 26 heavy (non-hydrogen) atoms. The fourth-order valence-electron chi connectivity index (χ4n) is 2.97. The smallest absolute Gasteiger partial charge is 0.271 e. The Morgan fingerprint density at radius 2 is 2.19 bits per heavy atom. The van der Waals surface area contributed by atoms with Crippen molar-refractivity contribution in [2.75, 3.05) is 25.5 Å². The van der Waals surface area contributed by atoms with Crippen LogP contribution in [-0.2, 0) is 0 Å². The van der Waals surface area contributed by atoms with E-state index in [2.05, 4.69) is 26.1 Å². The third-order valence-corrected chi connectivity index (χ3v) is 4.34. The molecule has 0 aliphatic carbocycles. The van der Waals surface area contributed by atoms with Crippen LogP contribution in [0.15, 0.2) is 24.4 Å². The number of aliphatic hydroxyl groups is 1. The van der Waals surface area contributed by atoms with Crippen LogP contribution in [0.5, 0.6) is 5.75 Å². The van der Waals surface area contributed by atoms with Crippen molar-refractivity contribution in [2.24, 2.45) is 0 Å². The van der Waals surface area contributed by atoms with Crippen LogP contribution >= 0.6 is 0 Å². The van der Waals surface area contributed by atoms with Gasteiger partial charge in [0.05, 0.1) is 24.6 Å². The van der Waals surface area contributed by atoms with Crippen LogP contribution in [0.3, 0.4) is 0 Å². The summed E-state index contributed by atoms with van der Waals surface area (Å²) in [7, 11) is 1.39. The number of nitrogens with one attached hydrogen (secondary N) is 4. The number of hydrogen-bond acceptors (Lipinski definition) is 6. The lowest BCUT2D eigenvalue weighted by atomic mass is 10.1. The van der Waals surface area contributed by atoms with Gasteiger partial charge in [0.25, 0.3) is 5.91 Å². The highest BCUT2D eigenvalue weighted by atomic mass is 19.1. The van der Waals surface area contributed by atoms with Gasteiger partial charge in [-0.25, -0.2) is 4.39 Å². The number of halogens is 1. The van der Waals surface area contributed by atoms with Crippen LogP contribution in [0.25, 0.3) is 0 Å². The molecule has 1 saturated heterocycles. The van der Waals surface area contributed by atoms with Gasteiger partial charge in [0.2, 0.25) is 0 Å². The van der Waals surface area contributed by atoms with Crippen molar-refractivity contribution in [3.8, 4) is 5.75 Å². The number of aliphatic hydroxyl groups excluding tert-OH is 1. The molecular formula is C17H22FN5O3. The van der Waals surface area contributed by atoms with E-state index in [1.807, 2.05) is 0 Å². The number of H-pyrrole nitrogens is 1. The highest BCUT2D eigenvalue weighted by Crippen LogP contribution is 2.29. The molecule has 5 N–H and O–H groups in total. The zero-order chi connectivity index (χ0) is 18.5. The van der Waals surface area contributed by atoms with E-state index in [-0.39, 0.29) is 34.6 Å². The van der Waals surface area contributed by atoms with Crippen molar-refractivity contribution in [3.05, 3.63) is 41.5 Å². The molecule has 1 unspecified atom stereocenters. The van der Waals surface area contributed by atoms with Crippen LogP contribution in [0.1, 0.15) is 35.1 Å². The summed E-state index contributed by atoms with van der Waals surface area (Å²) in [5.74, 6) is -0.743. The third kappa shape index (κ3) is 3.94. The molecule has 1 aliphatic rings. The zero-order valence-electron chi connectivity index (χ0n) is 14.4. The van der Waals surface area contributed by atoms with Gasteiger partial charge in [-0.2, -0.15) is 5.10 Å². The Morgan fingerprint density at radius 1 is 1.42 bits per heavy atom. The number of methoxy groups -OCH3 is 1. The number of carbonyl (C=O) groups excluding carboxylic acids is 1. The number of hydrogen-bond donors (Lipinski definition) is 5. The number of nitrogens with zero attached hydrogens (tertiary/aromatic N) is 1. The number of anilines is 1. The maximum Gasteiger partial charge on any atom is 0.271 e. The summed E-state index contributed by atoms with van der Waals surface area (Å²) in [4.78, 5) is 12.5. The van der Waals surface area contributed by atoms with Crippen molar-refractivity contribution in [1.29, 1.82) is 0 Å². The molecule has 3 rings (SSSR count). The zero-order valence-corrected chi connectivity index (χ0v) is 14.4. The molecule has 8 nitrogen and oxygen atoms in total. The highest BCUT2D eigenvalue weighted by Gasteiger charge is 2.23. The first-order valence-corrected chi connectivity index (χ1v) is 8.42. The molecule has 0 saturated carbocycles. The summed E-state index contributed by atoms with van der Waals surface area (Å²) in [6, 6.07) is 4.34. The monoisotopic (exact) mass is 363 g/mol. The van der Waals surface area contributed by atoms with Crippen LogP contribution in [0.2, 0.25) is 0 Å². The minimum Gasteiger partial charge on any atom is -0.496 e.